The molecule has 2 unspecified atom stereocenters. The van der Waals surface area contributed by atoms with Crippen molar-refractivity contribution in [3.8, 4) is 0 Å². The van der Waals surface area contributed by atoms with E-state index in [0.29, 0.717) is 5.92 Å². The fourth-order valence-electron chi connectivity index (χ4n) is 2.44. The van der Waals surface area contributed by atoms with Crippen molar-refractivity contribution in [1.29, 1.82) is 0 Å². The minimum atomic E-state index is -0.639. The van der Waals surface area contributed by atoms with E-state index in [1.165, 1.54) is 12.8 Å². The van der Waals surface area contributed by atoms with Crippen LogP contribution in [0.2, 0.25) is 0 Å². The first kappa shape index (κ1) is 15.0. The van der Waals surface area contributed by atoms with E-state index in [4.69, 9.17) is 0 Å². The summed E-state index contributed by atoms with van der Waals surface area (Å²) in [6, 6.07) is 0. The van der Waals surface area contributed by atoms with Crippen LogP contribution in [0.25, 0.3) is 0 Å². The molecule has 0 fully saturated rings. The maximum atomic E-state index is 12.7. The lowest BCUT2D eigenvalue weighted by molar-refractivity contribution is -0.0929. The summed E-state index contributed by atoms with van der Waals surface area (Å²) < 4.78 is 0. The number of unbranched alkanes of at least 4 members (excludes halogenated alkanes) is 2. The Morgan fingerprint density at radius 2 is 1.60 bits per heavy atom. The number of hydrogen-bond acceptors (Lipinski definition) is 0. The van der Waals surface area contributed by atoms with Gasteiger partial charge in [-0.2, -0.15) is 0 Å². The second-order valence-electron chi connectivity index (χ2n) is 4.77. The molecule has 0 heterocycles. The van der Waals surface area contributed by atoms with Crippen LogP contribution in [0.1, 0.15) is 79.1 Å². The molecule has 0 bridgehead atoms. The van der Waals surface area contributed by atoms with E-state index in [1.807, 2.05) is 0 Å². The van der Waals surface area contributed by atoms with E-state index < -0.39 is 5.60 Å². The molecule has 0 aliphatic rings. The van der Waals surface area contributed by atoms with Gasteiger partial charge in [0.25, 0.3) is 0 Å². The summed E-state index contributed by atoms with van der Waals surface area (Å²) in [6.07, 6.45) is 8.54. The van der Waals surface area contributed by atoms with Crippen LogP contribution in [-0.2, 0) is 5.11 Å². The average molecular weight is 213 g/mol. The monoisotopic (exact) mass is 213 g/mol. The van der Waals surface area contributed by atoms with Gasteiger partial charge in [-0.1, -0.05) is 59.8 Å². The van der Waals surface area contributed by atoms with Crippen molar-refractivity contribution in [2.45, 2.75) is 84.7 Å². The second kappa shape index (κ2) is 8.15. The lowest BCUT2D eigenvalue weighted by Gasteiger charge is -2.33. The van der Waals surface area contributed by atoms with E-state index in [-0.39, 0.29) is 0 Å². The van der Waals surface area contributed by atoms with Gasteiger partial charge in [0, 0.05) is 0 Å². The molecule has 0 spiro atoms. The summed E-state index contributed by atoms with van der Waals surface area (Å²) in [5, 5.41) is 12.7. The van der Waals surface area contributed by atoms with Gasteiger partial charge in [-0.3, -0.25) is 0 Å². The molecule has 0 amide bonds. The van der Waals surface area contributed by atoms with Crippen molar-refractivity contribution in [3.63, 3.8) is 0 Å². The number of rotatable bonds is 9. The summed E-state index contributed by atoms with van der Waals surface area (Å²) in [5.74, 6) is 0.397. The van der Waals surface area contributed by atoms with Gasteiger partial charge in [0.2, 0.25) is 0 Å². The maximum Gasteiger partial charge on any atom is 0.106 e. The van der Waals surface area contributed by atoms with Crippen LogP contribution in [0.5, 0.6) is 0 Å². The maximum absolute atomic E-state index is 12.7. The predicted molar refractivity (Wildman–Crippen MR) is 66.5 cm³/mol. The van der Waals surface area contributed by atoms with E-state index in [2.05, 4.69) is 27.7 Å². The zero-order valence-corrected chi connectivity index (χ0v) is 11.1. The van der Waals surface area contributed by atoms with Crippen LogP contribution in [0.15, 0.2) is 0 Å². The summed E-state index contributed by atoms with van der Waals surface area (Å²) in [7, 11) is 0. The standard InChI is InChI=1S/C14H29O/c1-5-9-11-13(7-3)14(15,8-4)12-10-6-2/h13H,5-12H2,1-4H3. The quantitative estimate of drug-likeness (QED) is 0.515. The highest BCUT2D eigenvalue weighted by Gasteiger charge is 2.34. The van der Waals surface area contributed by atoms with E-state index in [9.17, 15) is 5.11 Å². The van der Waals surface area contributed by atoms with Crippen LogP contribution in [-0.4, -0.2) is 5.60 Å². The van der Waals surface area contributed by atoms with Crippen molar-refractivity contribution < 1.29 is 5.11 Å². The molecule has 15 heavy (non-hydrogen) atoms. The first-order valence-electron chi connectivity index (χ1n) is 6.84. The minimum Gasteiger partial charge on any atom is -0.229 e. The molecular formula is C14H29O. The van der Waals surface area contributed by atoms with Crippen LogP contribution in [0, 0.1) is 5.92 Å². The molecule has 0 saturated heterocycles. The second-order valence-corrected chi connectivity index (χ2v) is 4.77. The fraction of sp³-hybridized carbons (Fsp3) is 1.00. The summed E-state index contributed by atoms with van der Waals surface area (Å²) in [4.78, 5) is 0. The summed E-state index contributed by atoms with van der Waals surface area (Å²) in [6.45, 7) is 8.62. The Morgan fingerprint density at radius 1 is 1.00 bits per heavy atom. The number of hydrogen-bond donors (Lipinski definition) is 0. The molecule has 0 aromatic heterocycles. The first-order valence-corrected chi connectivity index (χ1v) is 6.84. The van der Waals surface area contributed by atoms with Gasteiger partial charge in [0.1, 0.15) is 5.60 Å². The Bertz CT molecular complexity index is 144. The molecule has 2 atom stereocenters. The van der Waals surface area contributed by atoms with Crippen molar-refractivity contribution >= 4 is 0 Å². The lowest BCUT2D eigenvalue weighted by atomic mass is 9.77. The smallest absolute Gasteiger partial charge is 0.106 e. The molecule has 0 aliphatic carbocycles. The SMILES string of the molecule is CCCCC(CC)C([O])(CC)CCCC. The third kappa shape index (κ3) is 5.01. The Kier molecular flexibility index (Phi) is 8.13. The zero-order chi connectivity index (χ0) is 11.7. The van der Waals surface area contributed by atoms with Gasteiger partial charge in [0.15, 0.2) is 0 Å². The largest absolute Gasteiger partial charge is 0.229 e. The Balaban J connectivity index is 4.27. The van der Waals surface area contributed by atoms with Crippen molar-refractivity contribution in [2.24, 2.45) is 5.92 Å². The molecule has 1 nitrogen and oxygen atoms in total. The highest BCUT2D eigenvalue weighted by Crippen LogP contribution is 2.34. The summed E-state index contributed by atoms with van der Waals surface area (Å²) in [5.41, 5.74) is -0.639. The van der Waals surface area contributed by atoms with Gasteiger partial charge in [-0.05, 0) is 25.2 Å². The Hall–Kier alpha value is -0.0400. The van der Waals surface area contributed by atoms with Crippen LogP contribution in [0.3, 0.4) is 0 Å². The molecule has 0 aromatic carbocycles. The normalized spacial score (nSPS) is 17.4. The third-order valence-corrected chi connectivity index (χ3v) is 3.69. The van der Waals surface area contributed by atoms with Crippen LogP contribution >= 0.6 is 0 Å². The fourth-order valence-corrected chi connectivity index (χ4v) is 2.44. The van der Waals surface area contributed by atoms with Gasteiger partial charge in [-0.15, -0.1) is 0 Å². The van der Waals surface area contributed by atoms with Gasteiger partial charge < -0.3 is 0 Å². The third-order valence-electron chi connectivity index (χ3n) is 3.69. The highest BCUT2D eigenvalue weighted by molar-refractivity contribution is 4.84. The van der Waals surface area contributed by atoms with E-state index in [0.717, 1.165) is 38.5 Å². The Labute approximate surface area is 96.3 Å². The molecular weight excluding hydrogens is 184 g/mol. The average Bonchev–Trinajstić information content (AvgIpc) is 2.27. The van der Waals surface area contributed by atoms with Gasteiger partial charge >= 0.3 is 0 Å². The molecule has 0 saturated carbocycles. The van der Waals surface area contributed by atoms with E-state index in [1.54, 1.807) is 0 Å². The molecule has 0 rings (SSSR count). The predicted octanol–water partition coefficient (Wildman–Crippen LogP) is 4.97. The molecule has 91 valence electrons. The van der Waals surface area contributed by atoms with Crippen molar-refractivity contribution in [3.05, 3.63) is 0 Å². The first-order chi connectivity index (χ1) is 7.14. The van der Waals surface area contributed by atoms with Crippen molar-refractivity contribution in [1.82, 2.24) is 0 Å². The van der Waals surface area contributed by atoms with Crippen LogP contribution < -0.4 is 0 Å². The molecule has 1 radical (unpaired) electrons. The Morgan fingerprint density at radius 3 is 2.00 bits per heavy atom. The summed E-state index contributed by atoms with van der Waals surface area (Å²) >= 11 is 0. The highest BCUT2D eigenvalue weighted by atomic mass is 16.3. The van der Waals surface area contributed by atoms with E-state index >= 15 is 0 Å². The van der Waals surface area contributed by atoms with Crippen molar-refractivity contribution in [2.75, 3.05) is 0 Å². The van der Waals surface area contributed by atoms with Gasteiger partial charge in [0.05, 0.1) is 0 Å². The van der Waals surface area contributed by atoms with Gasteiger partial charge in [-0.25, -0.2) is 5.11 Å². The molecule has 0 aromatic rings. The molecule has 1 heteroatoms. The minimum absolute atomic E-state index is 0.397. The zero-order valence-electron chi connectivity index (χ0n) is 11.1. The van der Waals surface area contributed by atoms with Crippen LogP contribution in [0.4, 0.5) is 0 Å². The molecule has 0 aliphatic heterocycles. The lowest BCUT2D eigenvalue weighted by Crippen LogP contribution is -2.35. The topological polar surface area (TPSA) is 19.9 Å². The molecule has 0 N–H and O–H groups in total.